The van der Waals surface area contributed by atoms with Crippen LogP contribution < -0.4 is 9.80 Å². The number of fused-ring (bicyclic) bond motifs is 2. The molecule has 0 radical (unpaired) electrons. The van der Waals surface area contributed by atoms with Gasteiger partial charge in [-0.15, -0.1) is 0 Å². The summed E-state index contributed by atoms with van der Waals surface area (Å²) in [4.78, 5) is 3.51. The molecule has 3 atom stereocenters. The van der Waals surface area contributed by atoms with Crippen LogP contribution >= 0.6 is 15.9 Å². The number of aromatic hydroxyl groups is 1. The van der Waals surface area contributed by atoms with Gasteiger partial charge >= 0.3 is 0 Å². The van der Waals surface area contributed by atoms with Gasteiger partial charge in [0, 0.05) is 22.4 Å². The minimum absolute atomic E-state index is 0.443. The molecular weight excluding hydrogens is 340 g/mol. The Kier molecular flexibility index (Phi) is 4.18. The fourth-order valence-electron chi connectivity index (χ4n) is 5.18. The van der Waals surface area contributed by atoms with Crippen LogP contribution in [0.4, 0.5) is 0 Å². The molecule has 0 spiro atoms. The van der Waals surface area contributed by atoms with Crippen LogP contribution in [0.1, 0.15) is 31.2 Å². The maximum absolute atomic E-state index is 10.0. The Labute approximate surface area is 141 Å². The summed E-state index contributed by atoms with van der Waals surface area (Å²) in [5, 5.41) is 10.0. The molecule has 3 nitrogen and oxygen atoms in total. The van der Waals surface area contributed by atoms with Crippen LogP contribution in [-0.2, 0) is 6.54 Å². The summed E-state index contributed by atoms with van der Waals surface area (Å²) >= 11 is 3.51. The molecule has 2 saturated carbocycles. The number of quaternary nitrogens is 2. The summed E-state index contributed by atoms with van der Waals surface area (Å²) in [5.74, 6) is 2.54. The monoisotopic (exact) mass is 366 g/mol. The number of phenolic OH excluding ortho intramolecular Hbond substituents is 1. The average molecular weight is 367 g/mol. The lowest BCUT2D eigenvalue weighted by molar-refractivity contribution is -1.03. The molecular formula is C18H27BrN2O+2. The van der Waals surface area contributed by atoms with Gasteiger partial charge in [0.1, 0.15) is 38.5 Å². The summed E-state index contributed by atoms with van der Waals surface area (Å²) in [6.07, 6.45) is 6.04. The van der Waals surface area contributed by atoms with Gasteiger partial charge in [0.15, 0.2) is 0 Å². The molecule has 0 amide bonds. The van der Waals surface area contributed by atoms with E-state index in [1.807, 2.05) is 11.0 Å². The minimum atomic E-state index is 0.443. The molecule has 22 heavy (non-hydrogen) atoms. The van der Waals surface area contributed by atoms with Crippen LogP contribution in [-0.4, -0.2) is 37.3 Å². The first-order chi connectivity index (χ1) is 10.7. The maximum atomic E-state index is 10.0. The van der Waals surface area contributed by atoms with Gasteiger partial charge in [-0.25, -0.2) is 0 Å². The molecule has 2 bridgehead atoms. The van der Waals surface area contributed by atoms with E-state index in [1.54, 1.807) is 11.0 Å². The van der Waals surface area contributed by atoms with Crippen molar-refractivity contribution in [2.75, 3.05) is 26.2 Å². The SMILES string of the molecule is Oc1ccc(Br)cc1C[NH+]1CC[NH+]([C@H]2C[C@H]3CC[C@@H]2C3)CC1. The smallest absolute Gasteiger partial charge is 0.127 e. The summed E-state index contributed by atoms with van der Waals surface area (Å²) in [5.41, 5.74) is 1.08. The molecule has 1 saturated heterocycles. The van der Waals surface area contributed by atoms with Gasteiger partial charge in [0.2, 0.25) is 0 Å². The predicted octanol–water partition coefficient (Wildman–Crippen LogP) is 0.627. The van der Waals surface area contributed by atoms with Crippen molar-refractivity contribution in [3.05, 3.63) is 28.2 Å². The first kappa shape index (κ1) is 15.0. The second-order valence-corrected chi connectivity index (χ2v) is 8.56. The van der Waals surface area contributed by atoms with E-state index in [0.717, 1.165) is 34.5 Å². The molecule has 0 aromatic heterocycles. The molecule has 2 aliphatic carbocycles. The molecule has 3 N–H and O–H groups in total. The molecule has 4 rings (SSSR count). The van der Waals surface area contributed by atoms with Crippen LogP contribution in [0.25, 0.3) is 0 Å². The van der Waals surface area contributed by atoms with Crippen molar-refractivity contribution < 1.29 is 14.9 Å². The lowest BCUT2D eigenvalue weighted by Crippen LogP contribution is -3.29. The largest absolute Gasteiger partial charge is 0.507 e. The second-order valence-electron chi connectivity index (χ2n) is 7.64. The van der Waals surface area contributed by atoms with Gasteiger partial charge < -0.3 is 14.9 Å². The van der Waals surface area contributed by atoms with E-state index >= 15 is 0 Å². The van der Waals surface area contributed by atoms with Crippen molar-refractivity contribution in [2.24, 2.45) is 11.8 Å². The van der Waals surface area contributed by atoms with Crippen molar-refractivity contribution >= 4 is 15.9 Å². The third kappa shape index (κ3) is 2.93. The van der Waals surface area contributed by atoms with Crippen molar-refractivity contribution in [2.45, 2.75) is 38.3 Å². The molecule has 3 aliphatic rings. The summed E-state index contributed by atoms with van der Waals surface area (Å²) in [7, 11) is 0. The zero-order valence-electron chi connectivity index (χ0n) is 13.2. The zero-order chi connectivity index (χ0) is 15.1. The van der Waals surface area contributed by atoms with Gasteiger partial charge in [-0.1, -0.05) is 15.9 Å². The number of hydrogen-bond donors (Lipinski definition) is 3. The highest BCUT2D eigenvalue weighted by Crippen LogP contribution is 2.43. The van der Waals surface area contributed by atoms with E-state index in [-0.39, 0.29) is 0 Å². The van der Waals surface area contributed by atoms with E-state index in [4.69, 9.17) is 0 Å². The van der Waals surface area contributed by atoms with Crippen LogP contribution in [0.3, 0.4) is 0 Å². The fraction of sp³-hybridized carbons (Fsp3) is 0.667. The Morgan fingerprint density at radius 3 is 2.59 bits per heavy atom. The molecule has 0 unspecified atom stereocenters. The first-order valence-electron chi connectivity index (χ1n) is 8.84. The number of piperazine rings is 1. The Bertz CT molecular complexity index is 542. The number of hydrogen-bond acceptors (Lipinski definition) is 1. The average Bonchev–Trinajstić information content (AvgIpc) is 3.15. The van der Waals surface area contributed by atoms with Crippen LogP contribution in [0, 0.1) is 11.8 Å². The normalized spacial score (nSPS) is 37.6. The van der Waals surface area contributed by atoms with Gasteiger partial charge in [-0.3, -0.25) is 0 Å². The van der Waals surface area contributed by atoms with Crippen molar-refractivity contribution in [3.8, 4) is 5.75 Å². The lowest BCUT2D eigenvalue weighted by Gasteiger charge is -2.36. The molecule has 1 aromatic rings. The highest BCUT2D eigenvalue weighted by Gasteiger charge is 2.46. The Hall–Kier alpha value is -0.580. The topological polar surface area (TPSA) is 29.1 Å². The third-order valence-corrected chi connectivity index (χ3v) is 6.84. The first-order valence-corrected chi connectivity index (χ1v) is 9.64. The summed E-state index contributed by atoms with van der Waals surface area (Å²) in [6, 6.07) is 6.75. The van der Waals surface area contributed by atoms with E-state index in [1.165, 1.54) is 51.9 Å². The van der Waals surface area contributed by atoms with Crippen molar-refractivity contribution in [1.82, 2.24) is 0 Å². The Morgan fingerprint density at radius 1 is 1.09 bits per heavy atom. The van der Waals surface area contributed by atoms with Crippen molar-refractivity contribution in [1.29, 1.82) is 0 Å². The van der Waals surface area contributed by atoms with E-state index in [2.05, 4.69) is 22.0 Å². The van der Waals surface area contributed by atoms with Crippen molar-refractivity contribution in [3.63, 3.8) is 0 Å². The summed E-state index contributed by atoms with van der Waals surface area (Å²) in [6.45, 7) is 6.08. The zero-order valence-corrected chi connectivity index (χ0v) is 14.7. The van der Waals surface area contributed by atoms with E-state index < -0.39 is 0 Å². The Morgan fingerprint density at radius 2 is 1.91 bits per heavy atom. The van der Waals surface area contributed by atoms with Gasteiger partial charge in [0.25, 0.3) is 0 Å². The third-order valence-electron chi connectivity index (χ3n) is 6.34. The number of halogens is 1. The van der Waals surface area contributed by atoms with Crippen LogP contribution in [0.15, 0.2) is 22.7 Å². The highest BCUT2D eigenvalue weighted by molar-refractivity contribution is 9.10. The molecule has 4 heteroatoms. The minimum Gasteiger partial charge on any atom is -0.507 e. The van der Waals surface area contributed by atoms with Crippen LogP contribution in [0.5, 0.6) is 5.75 Å². The second kappa shape index (κ2) is 6.14. The highest BCUT2D eigenvalue weighted by atomic mass is 79.9. The maximum Gasteiger partial charge on any atom is 0.127 e. The van der Waals surface area contributed by atoms with Crippen LogP contribution in [0.2, 0.25) is 0 Å². The lowest BCUT2D eigenvalue weighted by atomic mass is 9.93. The quantitative estimate of drug-likeness (QED) is 0.719. The summed E-state index contributed by atoms with van der Waals surface area (Å²) < 4.78 is 1.06. The number of benzene rings is 1. The molecule has 1 heterocycles. The van der Waals surface area contributed by atoms with E-state index in [0.29, 0.717) is 5.75 Å². The Balaban J connectivity index is 1.33. The number of phenols is 1. The molecule has 1 aliphatic heterocycles. The molecule has 1 aromatic carbocycles. The van der Waals surface area contributed by atoms with Gasteiger partial charge in [-0.05, 0) is 43.4 Å². The van der Waals surface area contributed by atoms with Gasteiger partial charge in [-0.2, -0.15) is 0 Å². The fourth-order valence-corrected chi connectivity index (χ4v) is 5.59. The molecule has 3 fully saturated rings. The van der Waals surface area contributed by atoms with Gasteiger partial charge in [0.05, 0.1) is 6.04 Å². The number of rotatable bonds is 3. The van der Waals surface area contributed by atoms with E-state index in [9.17, 15) is 5.11 Å². The predicted molar refractivity (Wildman–Crippen MR) is 90.1 cm³/mol. The molecule has 120 valence electrons. The standard InChI is InChI=1S/C18H25BrN2O/c19-16-3-4-18(22)15(11-16)12-20-5-7-21(8-6-20)17-10-13-1-2-14(17)9-13/h3-4,11,13-14,17,22H,1-2,5-10,12H2/p+2/t13-,14+,17-/m0/s1. The number of nitrogens with one attached hydrogen (secondary N) is 2.